The molecule has 1 aromatic heterocycles. The number of nitrogens with zero attached hydrogens (tertiary/aromatic N) is 1. The largest absolute Gasteiger partial charge is 0.454 e. The summed E-state index contributed by atoms with van der Waals surface area (Å²) in [6, 6.07) is 73.0. The monoisotopic (exact) mass is 699 g/mol. The molecule has 9 aromatic carbocycles. The molecule has 55 heavy (non-hydrogen) atoms. The van der Waals surface area contributed by atoms with Crippen LogP contribution in [0.15, 0.2) is 205 Å². The fraction of sp³-hybridized carbons (Fsp3) is 0.0189. The number of rotatable bonds is 4. The topological polar surface area (TPSA) is 16.4 Å². The lowest BCUT2D eigenvalue weighted by Crippen LogP contribution is -2.26. The van der Waals surface area contributed by atoms with Crippen LogP contribution in [0.3, 0.4) is 0 Å². The van der Waals surface area contributed by atoms with Crippen LogP contribution >= 0.6 is 0 Å². The highest BCUT2D eigenvalue weighted by atomic mass is 16.3. The number of hydrogen-bond donors (Lipinski definition) is 0. The van der Waals surface area contributed by atoms with Gasteiger partial charge in [0.15, 0.2) is 5.58 Å². The summed E-state index contributed by atoms with van der Waals surface area (Å²) >= 11 is 0. The van der Waals surface area contributed by atoms with Gasteiger partial charge in [0.1, 0.15) is 5.58 Å². The first-order valence-corrected chi connectivity index (χ1v) is 19.0. The second-order valence-corrected chi connectivity index (χ2v) is 14.8. The molecule has 12 rings (SSSR count). The van der Waals surface area contributed by atoms with Crippen molar-refractivity contribution in [3.63, 3.8) is 0 Å². The zero-order chi connectivity index (χ0) is 36.1. The van der Waals surface area contributed by atoms with Crippen molar-refractivity contribution in [1.29, 1.82) is 0 Å². The Balaban J connectivity index is 1.14. The van der Waals surface area contributed by atoms with Crippen LogP contribution < -0.4 is 4.90 Å². The Labute approximate surface area is 319 Å². The highest BCUT2D eigenvalue weighted by Crippen LogP contribution is 2.63. The van der Waals surface area contributed by atoms with Gasteiger partial charge in [-0.15, -0.1) is 0 Å². The molecule has 2 aliphatic carbocycles. The molecule has 0 atom stereocenters. The molecule has 256 valence electrons. The summed E-state index contributed by atoms with van der Waals surface area (Å²) in [6.45, 7) is 0. The average molecular weight is 700 g/mol. The maximum Gasteiger partial charge on any atom is 0.159 e. The second kappa shape index (κ2) is 11.4. The van der Waals surface area contributed by atoms with Crippen LogP contribution in [0.4, 0.5) is 17.1 Å². The van der Waals surface area contributed by atoms with Crippen molar-refractivity contribution >= 4 is 49.8 Å². The molecule has 2 aliphatic rings. The lowest BCUT2D eigenvalue weighted by atomic mass is 9.70. The van der Waals surface area contributed by atoms with Crippen molar-refractivity contribution in [3.8, 4) is 33.4 Å². The van der Waals surface area contributed by atoms with Crippen molar-refractivity contribution in [3.05, 3.63) is 222 Å². The Bertz CT molecular complexity index is 3090. The molecule has 0 bridgehead atoms. The van der Waals surface area contributed by atoms with Gasteiger partial charge in [0, 0.05) is 22.1 Å². The summed E-state index contributed by atoms with van der Waals surface area (Å²) < 4.78 is 7.07. The molecule has 0 fully saturated rings. The van der Waals surface area contributed by atoms with E-state index in [2.05, 4.69) is 205 Å². The molecule has 1 spiro atoms. The smallest absolute Gasteiger partial charge is 0.159 e. The summed E-state index contributed by atoms with van der Waals surface area (Å²) in [7, 11) is 0. The standard InChI is InChI=1S/C53H33NO/c1-3-16-34(17-4-1)44-33-50-51(42-24-8-7-20-37(42)44)43-25-15-29-49(52(43)55-50)54(35-18-5-2-6-19-35)36-30-31-41-40-23-11-14-28-47(40)53(48(41)32-36)45-26-12-9-21-38(45)39-22-10-13-27-46(39)53/h1-33H. The van der Waals surface area contributed by atoms with Crippen molar-refractivity contribution < 1.29 is 4.42 Å². The van der Waals surface area contributed by atoms with Gasteiger partial charge in [-0.1, -0.05) is 164 Å². The number of furan rings is 1. The van der Waals surface area contributed by atoms with Crippen LogP contribution in [0.25, 0.3) is 66.1 Å². The highest BCUT2D eigenvalue weighted by Gasteiger charge is 2.51. The molecular weight excluding hydrogens is 667 g/mol. The van der Waals surface area contributed by atoms with Gasteiger partial charge >= 0.3 is 0 Å². The highest BCUT2D eigenvalue weighted by molar-refractivity contribution is 6.23. The lowest BCUT2D eigenvalue weighted by Gasteiger charge is -2.32. The predicted octanol–water partition coefficient (Wildman–Crippen LogP) is 14.2. The van der Waals surface area contributed by atoms with Gasteiger partial charge in [-0.3, -0.25) is 0 Å². The van der Waals surface area contributed by atoms with E-state index < -0.39 is 5.41 Å². The molecule has 1 heterocycles. The SMILES string of the molecule is c1ccc(-c2cc3oc4c(N(c5ccccc5)c5ccc6c(c5)C5(c7ccccc7-c7ccccc75)c5ccccc5-6)cccc4c3c3ccccc23)cc1. The summed E-state index contributed by atoms with van der Waals surface area (Å²) in [6.07, 6.45) is 0. The molecule has 0 N–H and O–H groups in total. The van der Waals surface area contributed by atoms with Crippen molar-refractivity contribution in [1.82, 2.24) is 0 Å². The summed E-state index contributed by atoms with van der Waals surface area (Å²) in [5.74, 6) is 0. The van der Waals surface area contributed by atoms with E-state index in [0.717, 1.165) is 39.0 Å². The molecule has 0 unspecified atom stereocenters. The van der Waals surface area contributed by atoms with Gasteiger partial charge in [0.25, 0.3) is 0 Å². The molecule has 2 heteroatoms. The Hall–Kier alpha value is -7.16. The molecule has 0 amide bonds. The Morgan fingerprint density at radius 1 is 0.364 bits per heavy atom. The van der Waals surface area contributed by atoms with Crippen molar-refractivity contribution in [2.75, 3.05) is 4.90 Å². The average Bonchev–Trinajstić information content (AvgIpc) is 3.89. The third-order valence-corrected chi connectivity index (χ3v) is 12.1. The van der Waals surface area contributed by atoms with Gasteiger partial charge in [0.2, 0.25) is 0 Å². The molecule has 0 saturated heterocycles. The minimum atomic E-state index is -0.435. The maximum absolute atomic E-state index is 7.07. The van der Waals surface area contributed by atoms with Crippen molar-refractivity contribution in [2.45, 2.75) is 5.41 Å². The number of hydrogen-bond acceptors (Lipinski definition) is 2. The Morgan fingerprint density at radius 2 is 0.909 bits per heavy atom. The van der Waals surface area contributed by atoms with E-state index in [1.165, 1.54) is 66.4 Å². The third-order valence-electron chi connectivity index (χ3n) is 12.1. The lowest BCUT2D eigenvalue weighted by molar-refractivity contribution is 0.669. The van der Waals surface area contributed by atoms with E-state index in [1.54, 1.807) is 0 Å². The third kappa shape index (κ3) is 4.08. The second-order valence-electron chi connectivity index (χ2n) is 14.8. The van der Waals surface area contributed by atoms with E-state index in [1.807, 2.05) is 0 Å². The fourth-order valence-corrected chi connectivity index (χ4v) is 9.91. The zero-order valence-electron chi connectivity index (χ0n) is 29.9. The van der Waals surface area contributed by atoms with Crippen LogP contribution in [0.2, 0.25) is 0 Å². The Morgan fingerprint density at radius 3 is 1.58 bits per heavy atom. The maximum atomic E-state index is 7.07. The number of anilines is 3. The number of benzene rings is 9. The molecule has 0 saturated carbocycles. The van der Waals surface area contributed by atoms with E-state index >= 15 is 0 Å². The first kappa shape index (κ1) is 30.3. The Kier molecular flexibility index (Phi) is 6.29. The van der Waals surface area contributed by atoms with Gasteiger partial charge in [-0.25, -0.2) is 0 Å². The van der Waals surface area contributed by atoms with Gasteiger partial charge in [-0.2, -0.15) is 0 Å². The minimum Gasteiger partial charge on any atom is -0.454 e. The molecule has 0 radical (unpaired) electrons. The summed E-state index contributed by atoms with van der Waals surface area (Å²) in [5.41, 5.74) is 17.3. The normalized spacial score (nSPS) is 13.2. The van der Waals surface area contributed by atoms with Gasteiger partial charge < -0.3 is 9.32 Å². The van der Waals surface area contributed by atoms with Gasteiger partial charge in [-0.05, 0) is 103 Å². The first-order valence-electron chi connectivity index (χ1n) is 19.0. The molecular formula is C53H33NO. The molecule has 10 aromatic rings. The quantitative estimate of drug-likeness (QED) is 0.182. The van der Waals surface area contributed by atoms with Crippen LogP contribution in [0, 0.1) is 0 Å². The summed E-state index contributed by atoms with van der Waals surface area (Å²) in [5, 5.41) is 4.65. The molecule has 0 aliphatic heterocycles. The van der Waals surface area contributed by atoms with Crippen LogP contribution in [-0.4, -0.2) is 0 Å². The van der Waals surface area contributed by atoms with Gasteiger partial charge in [0.05, 0.1) is 11.1 Å². The van der Waals surface area contributed by atoms with E-state index in [0.29, 0.717) is 0 Å². The molecule has 2 nitrogen and oxygen atoms in total. The first-order chi connectivity index (χ1) is 27.3. The minimum absolute atomic E-state index is 0.435. The predicted molar refractivity (Wildman–Crippen MR) is 228 cm³/mol. The van der Waals surface area contributed by atoms with E-state index in [4.69, 9.17) is 4.42 Å². The zero-order valence-corrected chi connectivity index (χ0v) is 29.9. The summed E-state index contributed by atoms with van der Waals surface area (Å²) in [4.78, 5) is 2.38. The fourth-order valence-electron chi connectivity index (χ4n) is 9.91. The van der Waals surface area contributed by atoms with Crippen LogP contribution in [0.1, 0.15) is 22.3 Å². The van der Waals surface area contributed by atoms with E-state index in [9.17, 15) is 0 Å². The number of para-hydroxylation sites is 2. The van der Waals surface area contributed by atoms with E-state index in [-0.39, 0.29) is 0 Å². The van der Waals surface area contributed by atoms with Crippen molar-refractivity contribution in [2.24, 2.45) is 0 Å². The number of fused-ring (bicyclic) bond motifs is 15. The van der Waals surface area contributed by atoms with Crippen LogP contribution in [-0.2, 0) is 5.41 Å². The van der Waals surface area contributed by atoms with Crippen LogP contribution in [0.5, 0.6) is 0 Å².